The highest BCUT2D eigenvalue weighted by molar-refractivity contribution is 7.89. The number of ether oxygens (including phenoxy) is 2. The van der Waals surface area contributed by atoms with E-state index >= 15 is 0 Å². The van der Waals surface area contributed by atoms with Crippen LogP contribution < -0.4 is 4.74 Å². The van der Waals surface area contributed by atoms with Gasteiger partial charge in [0.25, 0.3) is 0 Å². The van der Waals surface area contributed by atoms with Crippen molar-refractivity contribution in [1.29, 1.82) is 5.26 Å². The first-order valence-electron chi connectivity index (χ1n) is 7.46. The molecular formula is C16H24N2O4S. The monoisotopic (exact) mass is 340 g/mol. The Balaban J connectivity index is 3.08. The predicted octanol–water partition coefficient (Wildman–Crippen LogP) is 2.33. The average Bonchev–Trinajstić information content (AvgIpc) is 2.48. The molecule has 0 spiro atoms. The van der Waals surface area contributed by atoms with Crippen LogP contribution in [0.2, 0.25) is 0 Å². The summed E-state index contributed by atoms with van der Waals surface area (Å²) in [6.45, 7) is 6.27. The van der Waals surface area contributed by atoms with E-state index in [0.29, 0.717) is 5.75 Å². The van der Waals surface area contributed by atoms with Crippen molar-refractivity contribution in [3.8, 4) is 11.8 Å². The van der Waals surface area contributed by atoms with Crippen LogP contribution in [0.15, 0.2) is 23.1 Å². The van der Waals surface area contributed by atoms with Crippen molar-refractivity contribution >= 4 is 10.0 Å². The molecule has 0 aromatic heterocycles. The standard InChI is InChI=1S/C16H24N2O4S/c1-13(2)22-16-7-6-15(12-14(16)3)23(19,20)18(9-5-8-17)10-11-21-4/h6-7,12-13H,5,9-11H2,1-4H3. The minimum absolute atomic E-state index is 0.0185. The fourth-order valence-corrected chi connectivity index (χ4v) is 3.55. The number of benzene rings is 1. The van der Waals surface area contributed by atoms with Gasteiger partial charge in [0.05, 0.1) is 23.7 Å². The van der Waals surface area contributed by atoms with Gasteiger partial charge in [0, 0.05) is 26.6 Å². The van der Waals surface area contributed by atoms with Gasteiger partial charge in [-0.2, -0.15) is 9.57 Å². The molecule has 0 aliphatic carbocycles. The highest BCUT2D eigenvalue weighted by Crippen LogP contribution is 2.25. The minimum atomic E-state index is -3.67. The molecule has 23 heavy (non-hydrogen) atoms. The lowest BCUT2D eigenvalue weighted by Crippen LogP contribution is -2.34. The quantitative estimate of drug-likeness (QED) is 0.689. The Morgan fingerprint density at radius 3 is 2.52 bits per heavy atom. The lowest BCUT2D eigenvalue weighted by molar-refractivity contribution is 0.179. The number of hydrogen-bond donors (Lipinski definition) is 0. The zero-order chi connectivity index (χ0) is 17.5. The summed E-state index contributed by atoms with van der Waals surface area (Å²) in [5.41, 5.74) is 0.756. The van der Waals surface area contributed by atoms with E-state index in [1.807, 2.05) is 26.8 Å². The van der Waals surface area contributed by atoms with E-state index < -0.39 is 10.0 Å². The van der Waals surface area contributed by atoms with E-state index in [0.717, 1.165) is 5.56 Å². The van der Waals surface area contributed by atoms with Gasteiger partial charge >= 0.3 is 0 Å². The largest absolute Gasteiger partial charge is 0.491 e. The van der Waals surface area contributed by atoms with E-state index in [9.17, 15) is 8.42 Å². The maximum absolute atomic E-state index is 12.7. The van der Waals surface area contributed by atoms with Crippen molar-refractivity contribution in [1.82, 2.24) is 4.31 Å². The molecule has 0 unspecified atom stereocenters. The van der Waals surface area contributed by atoms with Gasteiger partial charge in [0.2, 0.25) is 10.0 Å². The third-order valence-electron chi connectivity index (χ3n) is 3.16. The molecule has 0 heterocycles. The Hall–Kier alpha value is -1.62. The van der Waals surface area contributed by atoms with E-state index in [1.54, 1.807) is 12.1 Å². The molecule has 1 rings (SSSR count). The molecule has 0 bridgehead atoms. The summed E-state index contributed by atoms with van der Waals surface area (Å²) in [5, 5.41) is 8.72. The van der Waals surface area contributed by atoms with Gasteiger partial charge in [-0.1, -0.05) is 0 Å². The summed E-state index contributed by atoms with van der Waals surface area (Å²) in [5.74, 6) is 0.666. The van der Waals surface area contributed by atoms with Crippen LogP contribution in [0.4, 0.5) is 0 Å². The van der Waals surface area contributed by atoms with Crippen molar-refractivity contribution in [3.63, 3.8) is 0 Å². The lowest BCUT2D eigenvalue weighted by Gasteiger charge is -2.21. The molecule has 0 N–H and O–H groups in total. The zero-order valence-electron chi connectivity index (χ0n) is 14.1. The maximum atomic E-state index is 12.7. The Bertz CT molecular complexity index is 651. The van der Waals surface area contributed by atoms with Gasteiger partial charge in [0.15, 0.2) is 0 Å². The Morgan fingerprint density at radius 2 is 2.00 bits per heavy atom. The summed E-state index contributed by atoms with van der Waals surface area (Å²) in [6, 6.07) is 6.77. The van der Waals surface area contributed by atoms with Crippen LogP contribution in [0.1, 0.15) is 25.8 Å². The molecule has 0 aliphatic heterocycles. The highest BCUT2D eigenvalue weighted by Gasteiger charge is 2.24. The van der Waals surface area contributed by atoms with E-state index in [4.69, 9.17) is 14.7 Å². The zero-order valence-corrected chi connectivity index (χ0v) is 14.9. The van der Waals surface area contributed by atoms with Crippen LogP contribution in [-0.4, -0.2) is 45.6 Å². The molecule has 0 saturated carbocycles. The van der Waals surface area contributed by atoms with E-state index in [1.165, 1.54) is 17.5 Å². The van der Waals surface area contributed by atoms with Gasteiger partial charge < -0.3 is 9.47 Å². The summed E-state index contributed by atoms with van der Waals surface area (Å²) in [6.07, 6.45) is 0.154. The van der Waals surface area contributed by atoms with Gasteiger partial charge in [-0.15, -0.1) is 0 Å². The fraction of sp³-hybridized carbons (Fsp3) is 0.562. The molecule has 1 aromatic carbocycles. The van der Waals surface area contributed by atoms with Crippen molar-refractivity contribution < 1.29 is 17.9 Å². The van der Waals surface area contributed by atoms with Crippen molar-refractivity contribution in [2.45, 2.75) is 38.2 Å². The van der Waals surface area contributed by atoms with E-state index in [2.05, 4.69) is 0 Å². The first-order valence-corrected chi connectivity index (χ1v) is 8.90. The Kier molecular flexibility index (Phi) is 7.49. The number of rotatable bonds is 9. The molecule has 0 radical (unpaired) electrons. The van der Waals surface area contributed by atoms with Crippen LogP contribution in [0.25, 0.3) is 0 Å². The van der Waals surface area contributed by atoms with Crippen LogP contribution in [-0.2, 0) is 14.8 Å². The van der Waals surface area contributed by atoms with Crippen LogP contribution >= 0.6 is 0 Å². The van der Waals surface area contributed by atoms with E-state index in [-0.39, 0.29) is 37.1 Å². The fourth-order valence-electron chi connectivity index (χ4n) is 2.04. The van der Waals surface area contributed by atoms with Crippen LogP contribution in [0, 0.1) is 18.3 Å². The Labute approximate surface area is 138 Å². The number of nitriles is 1. The third kappa shape index (κ3) is 5.50. The van der Waals surface area contributed by atoms with Crippen LogP contribution in [0.5, 0.6) is 5.75 Å². The van der Waals surface area contributed by atoms with Gasteiger partial charge in [-0.05, 0) is 44.5 Å². The molecule has 0 saturated heterocycles. The molecule has 0 aliphatic rings. The molecule has 0 atom stereocenters. The van der Waals surface area contributed by atoms with Crippen LogP contribution in [0.3, 0.4) is 0 Å². The average molecular weight is 340 g/mol. The number of methoxy groups -OCH3 is 1. The molecule has 1 aromatic rings. The molecule has 0 fully saturated rings. The topological polar surface area (TPSA) is 79.6 Å². The van der Waals surface area contributed by atoms with Crippen molar-refractivity contribution in [2.24, 2.45) is 0 Å². The second-order valence-corrected chi connectivity index (χ2v) is 7.34. The smallest absolute Gasteiger partial charge is 0.243 e. The molecule has 6 nitrogen and oxygen atoms in total. The lowest BCUT2D eigenvalue weighted by atomic mass is 10.2. The SMILES string of the molecule is COCCN(CCC#N)S(=O)(=O)c1ccc(OC(C)C)c(C)c1. The first kappa shape index (κ1) is 19.4. The summed E-state index contributed by atoms with van der Waals surface area (Å²) >= 11 is 0. The van der Waals surface area contributed by atoms with Gasteiger partial charge in [-0.25, -0.2) is 8.42 Å². The summed E-state index contributed by atoms with van der Waals surface area (Å²) in [7, 11) is -2.16. The second-order valence-electron chi connectivity index (χ2n) is 5.40. The number of nitrogens with zero attached hydrogens (tertiary/aromatic N) is 2. The molecule has 0 amide bonds. The minimum Gasteiger partial charge on any atom is -0.491 e. The summed E-state index contributed by atoms with van der Waals surface area (Å²) < 4.78 is 37.4. The van der Waals surface area contributed by atoms with Crippen molar-refractivity contribution in [2.75, 3.05) is 26.8 Å². The molecular weight excluding hydrogens is 316 g/mol. The molecule has 7 heteroatoms. The Morgan fingerprint density at radius 1 is 1.30 bits per heavy atom. The summed E-state index contributed by atoms with van der Waals surface area (Å²) in [4.78, 5) is 0.195. The predicted molar refractivity (Wildman–Crippen MR) is 87.8 cm³/mol. The number of hydrogen-bond acceptors (Lipinski definition) is 5. The van der Waals surface area contributed by atoms with Gasteiger partial charge in [0.1, 0.15) is 5.75 Å². The normalized spacial score (nSPS) is 11.7. The van der Waals surface area contributed by atoms with Gasteiger partial charge in [-0.3, -0.25) is 0 Å². The maximum Gasteiger partial charge on any atom is 0.243 e. The second kappa shape index (κ2) is 8.87. The number of aryl methyl sites for hydroxylation is 1. The number of sulfonamides is 1. The van der Waals surface area contributed by atoms with Crippen molar-refractivity contribution in [3.05, 3.63) is 23.8 Å². The molecule has 128 valence electrons. The first-order chi connectivity index (χ1) is 10.8. The highest BCUT2D eigenvalue weighted by atomic mass is 32.2. The third-order valence-corrected chi connectivity index (χ3v) is 5.06.